The molecule has 0 bridgehead atoms. The Balaban J connectivity index is 2.66. The van der Waals surface area contributed by atoms with Gasteiger partial charge in [-0.2, -0.15) is 0 Å². The molecule has 0 saturated carbocycles. The van der Waals surface area contributed by atoms with Gasteiger partial charge in [0.2, 0.25) is 0 Å². The summed E-state index contributed by atoms with van der Waals surface area (Å²) in [7, 11) is -4.33. The van der Waals surface area contributed by atoms with E-state index in [-0.39, 0.29) is 0 Å². The van der Waals surface area contributed by atoms with E-state index in [4.69, 9.17) is 12.8 Å². The van der Waals surface area contributed by atoms with Crippen LogP contribution in [0, 0.1) is 23.9 Å². The Morgan fingerprint density at radius 3 is 1.20 bits per heavy atom. The van der Waals surface area contributed by atoms with Gasteiger partial charge in [-0.25, -0.2) is 0 Å². The molecule has 0 fully saturated rings. The lowest BCUT2D eigenvalue weighted by Crippen LogP contribution is -2.71. The first-order valence-corrected chi connectivity index (χ1v) is 12.6. The summed E-state index contributed by atoms with van der Waals surface area (Å²) in [6, 6.07) is 20.8. The summed E-state index contributed by atoms with van der Waals surface area (Å²) in [5.41, 5.74) is 6.29. The Morgan fingerprint density at radius 1 is 0.650 bits per heavy atom. The molecule has 0 unspecified atom stereocenters. The highest BCUT2D eigenvalue weighted by atomic mass is 29.3. The molecule has 0 aliphatic heterocycles. The summed E-state index contributed by atoms with van der Waals surface area (Å²) in [6.45, 7) is 4.48. The van der Waals surface area contributed by atoms with Gasteiger partial charge in [0.1, 0.15) is 0 Å². The van der Waals surface area contributed by atoms with Gasteiger partial charge >= 0.3 is 0 Å². The van der Waals surface area contributed by atoms with E-state index in [1.54, 1.807) is 0 Å². The molecule has 0 amide bonds. The lowest BCUT2D eigenvalue weighted by molar-refractivity contribution is 1.72. The predicted molar refractivity (Wildman–Crippen MR) is 93.1 cm³/mol. The standard InChI is InChI=1S/C18H18Si2/c1-5-19(3,17-13-9-7-10-14-17)20(4,6-2)18-15-11-8-12-16-18/h1-2,7-16H,3-4H3/t19-,20-/m0/s1. The fraction of sp³-hybridized carbons (Fsp3) is 0.111. The van der Waals surface area contributed by atoms with Gasteiger partial charge in [-0.05, 0) is 10.4 Å². The van der Waals surface area contributed by atoms with E-state index >= 15 is 0 Å². The predicted octanol–water partition coefficient (Wildman–Crippen LogP) is 2.38. The first kappa shape index (κ1) is 14.4. The minimum Gasteiger partial charge on any atom is -0.131 e. The Morgan fingerprint density at radius 2 is 0.950 bits per heavy atom. The zero-order valence-electron chi connectivity index (χ0n) is 11.9. The molecule has 2 aromatic rings. The van der Waals surface area contributed by atoms with Crippen LogP contribution in [-0.4, -0.2) is 15.2 Å². The summed E-state index contributed by atoms with van der Waals surface area (Å²) in [5, 5.41) is 2.52. The highest BCUT2D eigenvalue weighted by Crippen LogP contribution is 2.18. The molecule has 2 atom stereocenters. The average Bonchev–Trinajstić information content (AvgIpc) is 2.54. The van der Waals surface area contributed by atoms with E-state index in [0.29, 0.717) is 0 Å². The van der Waals surface area contributed by atoms with Crippen LogP contribution in [0.5, 0.6) is 0 Å². The van der Waals surface area contributed by atoms with Gasteiger partial charge in [-0.3, -0.25) is 0 Å². The van der Waals surface area contributed by atoms with Crippen molar-refractivity contribution in [3.05, 3.63) is 60.7 Å². The molecule has 98 valence electrons. The Kier molecular flexibility index (Phi) is 4.00. The average molecular weight is 291 g/mol. The van der Waals surface area contributed by atoms with Gasteiger partial charge in [0, 0.05) is 0 Å². The molecule has 20 heavy (non-hydrogen) atoms. The van der Waals surface area contributed by atoms with E-state index in [1.807, 2.05) is 36.4 Å². The van der Waals surface area contributed by atoms with Gasteiger partial charge in [0.25, 0.3) is 0 Å². The van der Waals surface area contributed by atoms with Gasteiger partial charge in [-0.15, -0.1) is 23.9 Å². The fourth-order valence-corrected chi connectivity index (χ4v) is 12.6. The van der Waals surface area contributed by atoms with Crippen molar-refractivity contribution in [3.8, 4) is 23.9 Å². The van der Waals surface area contributed by atoms with Crippen LogP contribution in [0.25, 0.3) is 0 Å². The maximum atomic E-state index is 5.99. The third kappa shape index (κ3) is 2.14. The van der Waals surface area contributed by atoms with E-state index in [1.165, 1.54) is 10.4 Å². The first-order chi connectivity index (χ1) is 9.58. The fourth-order valence-electron chi connectivity index (χ4n) is 2.58. The van der Waals surface area contributed by atoms with Gasteiger partial charge in [0.15, 0.2) is 15.2 Å². The number of hydrogen-bond donors (Lipinski definition) is 0. The van der Waals surface area contributed by atoms with Crippen molar-refractivity contribution >= 4 is 25.6 Å². The third-order valence-electron chi connectivity index (χ3n) is 4.28. The minimum atomic E-state index is -2.16. The monoisotopic (exact) mass is 290 g/mol. The van der Waals surface area contributed by atoms with Gasteiger partial charge in [-0.1, -0.05) is 73.8 Å². The van der Waals surface area contributed by atoms with Gasteiger partial charge < -0.3 is 0 Å². The smallest absolute Gasteiger partial charge is 0.131 e. The largest absolute Gasteiger partial charge is 0.175 e. The van der Waals surface area contributed by atoms with Crippen LogP contribution in [0.15, 0.2) is 60.7 Å². The maximum Gasteiger partial charge on any atom is 0.175 e. The zero-order valence-corrected chi connectivity index (χ0v) is 13.9. The van der Waals surface area contributed by atoms with Crippen molar-refractivity contribution in [2.24, 2.45) is 0 Å². The molecule has 0 aromatic heterocycles. The molecular weight excluding hydrogens is 272 g/mol. The summed E-state index contributed by atoms with van der Waals surface area (Å²) in [6.07, 6.45) is 12.0. The molecule has 2 rings (SSSR count). The van der Waals surface area contributed by atoms with Crippen LogP contribution >= 0.6 is 0 Å². The number of hydrogen-bond acceptors (Lipinski definition) is 0. The normalized spacial score (nSPS) is 16.2. The summed E-state index contributed by atoms with van der Waals surface area (Å²) in [4.78, 5) is 0. The van der Waals surface area contributed by atoms with Crippen molar-refractivity contribution in [1.29, 1.82) is 0 Å². The second kappa shape index (κ2) is 5.55. The molecule has 0 saturated heterocycles. The summed E-state index contributed by atoms with van der Waals surface area (Å²) >= 11 is 0. The second-order valence-corrected chi connectivity index (χ2v) is 17.5. The van der Waals surface area contributed by atoms with E-state index in [0.717, 1.165) is 0 Å². The van der Waals surface area contributed by atoms with Crippen molar-refractivity contribution in [3.63, 3.8) is 0 Å². The molecule has 2 aromatic carbocycles. The Hall–Kier alpha value is -2.01. The molecule has 0 spiro atoms. The topological polar surface area (TPSA) is 0 Å². The molecule has 0 N–H and O–H groups in total. The van der Waals surface area contributed by atoms with E-state index in [9.17, 15) is 0 Å². The second-order valence-electron chi connectivity index (χ2n) is 5.27. The molecule has 2 heteroatoms. The highest BCUT2D eigenvalue weighted by molar-refractivity contribution is 7.56. The molecule has 0 heterocycles. The molecule has 0 aliphatic carbocycles. The minimum absolute atomic E-state index is 1.26. The molecular formula is C18H18Si2. The highest BCUT2D eigenvalue weighted by Gasteiger charge is 2.49. The molecule has 0 aliphatic rings. The number of rotatable bonds is 3. The van der Waals surface area contributed by atoms with Crippen LogP contribution in [0.1, 0.15) is 0 Å². The Labute approximate surface area is 123 Å². The molecule has 0 radical (unpaired) electrons. The first-order valence-electron chi connectivity index (χ1n) is 6.65. The maximum absolute atomic E-state index is 5.99. The molecule has 0 nitrogen and oxygen atoms in total. The van der Waals surface area contributed by atoms with Crippen LogP contribution in [0.2, 0.25) is 13.1 Å². The van der Waals surface area contributed by atoms with Crippen molar-refractivity contribution in [2.75, 3.05) is 0 Å². The van der Waals surface area contributed by atoms with Crippen molar-refractivity contribution in [1.82, 2.24) is 0 Å². The van der Waals surface area contributed by atoms with Crippen LogP contribution in [0.4, 0.5) is 0 Å². The lowest BCUT2D eigenvalue weighted by atomic mass is 10.4. The summed E-state index contributed by atoms with van der Waals surface area (Å²) in [5.74, 6) is 0. The summed E-state index contributed by atoms with van der Waals surface area (Å²) < 4.78 is 0. The SMILES string of the molecule is C#C[Si@@](C)(c1ccccc1)[Si@@](C)(C#C)c1ccccc1. The van der Waals surface area contributed by atoms with Crippen molar-refractivity contribution in [2.45, 2.75) is 13.1 Å². The van der Waals surface area contributed by atoms with Crippen LogP contribution < -0.4 is 10.4 Å². The number of benzene rings is 2. The van der Waals surface area contributed by atoms with Gasteiger partial charge in [0.05, 0.1) is 0 Å². The van der Waals surface area contributed by atoms with Crippen molar-refractivity contribution < 1.29 is 0 Å². The Bertz CT molecular complexity index is 603. The van der Waals surface area contributed by atoms with E-state index in [2.05, 4.69) is 48.4 Å². The van der Waals surface area contributed by atoms with Crippen LogP contribution in [0.3, 0.4) is 0 Å². The quantitative estimate of drug-likeness (QED) is 0.601. The zero-order chi connectivity index (χ0) is 14.6. The lowest BCUT2D eigenvalue weighted by Gasteiger charge is -2.36. The number of terminal acetylenes is 2. The van der Waals surface area contributed by atoms with E-state index < -0.39 is 15.2 Å². The third-order valence-corrected chi connectivity index (χ3v) is 19.0. The van der Waals surface area contributed by atoms with Crippen LogP contribution in [-0.2, 0) is 0 Å².